The van der Waals surface area contributed by atoms with Gasteiger partial charge in [-0.05, 0) is 43.0 Å². The SMILES string of the molecule is COc1cc(N)cc(CN2CCCC2C(C)C)c1. The molecular formula is C15H24N2O. The fourth-order valence-electron chi connectivity index (χ4n) is 2.93. The molecule has 1 atom stereocenters. The molecule has 2 N–H and O–H groups in total. The summed E-state index contributed by atoms with van der Waals surface area (Å²) in [5, 5.41) is 0. The van der Waals surface area contributed by atoms with Gasteiger partial charge in [-0.2, -0.15) is 0 Å². The average Bonchev–Trinajstić information content (AvgIpc) is 2.76. The van der Waals surface area contributed by atoms with Crippen LogP contribution in [0.5, 0.6) is 5.75 Å². The molecule has 3 nitrogen and oxygen atoms in total. The first kappa shape index (κ1) is 13.2. The van der Waals surface area contributed by atoms with Crippen LogP contribution in [0, 0.1) is 5.92 Å². The van der Waals surface area contributed by atoms with Crippen LogP contribution in [0.4, 0.5) is 5.69 Å². The second-order valence-electron chi connectivity index (χ2n) is 5.54. The molecule has 0 radical (unpaired) electrons. The van der Waals surface area contributed by atoms with Crippen LogP contribution in [-0.2, 0) is 6.54 Å². The highest BCUT2D eigenvalue weighted by atomic mass is 16.5. The Bertz CT molecular complexity index is 403. The van der Waals surface area contributed by atoms with Crippen LogP contribution in [0.15, 0.2) is 18.2 Å². The molecule has 0 aliphatic carbocycles. The van der Waals surface area contributed by atoms with Crippen molar-refractivity contribution in [2.75, 3.05) is 19.4 Å². The maximum Gasteiger partial charge on any atom is 0.121 e. The van der Waals surface area contributed by atoms with Gasteiger partial charge in [-0.25, -0.2) is 0 Å². The minimum Gasteiger partial charge on any atom is -0.497 e. The van der Waals surface area contributed by atoms with Crippen molar-refractivity contribution in [1.29, 1.82) is 0 Å². The highest BCUT2D eigenvalue weighted by molar-refractivity contribution is 5.47. The smallest absolute Gasteiger partial charge is 0.121 e. The maximum absolute atomic E-state index is 5.91. The molecule has 1 saturated heterocycles. The van der Waals surface area contributed by atoms with Gasteiger partial charge in [-0.15, -0.1) is 0 Å². The first-order valence-corrected chi connectivity index (χ1v) is 6.77. The van der Waals surface area contributed by atoms with Crippen molar-refractivity contribution in [3.05, 3.63) is 23.8 Å². The molecule has 1 aromatic rings. The minimum atomic E-state index is 0.706. The summed E-state index contributed by atoms with van der Waals surface area (Å²) in [6, 6.07) is 6.72. The molecule has 1 unspecified atom stereocenters. The lowest BCUT2D eigenvalue weighted by atomic mass is 10.0. The van der Waals surface area contributed by atoms with Gasteiger partial charge in [-0.3, -0.25) is 4.90 Å². The summed E-state index contributed by atoms with van der Waals surface area (Å²) < 4.78 is 5.28. The van der Waals surface area contributed by atoms with Gasteiger partial charge >= 0.3 is 0 Å². The van der Waals surface area contributed by atoms with Gasteiger partial charge in [0.25, 0.3) is 0 Å². The summed E-state index contributed by atoms with van der Waals surface area (Å²) in [6.45, 7) is 6.79. The molecule has 0 aromatic heterocycles. The van der Waals surface area contributed by atoms with Crippen LogP contribution in [0.2, 0.25) is 0 Å². The number of ether oxygens (including phenoxy) is 1. The third kappa shape index (κ3) is 2.96. The quantitative estimate of drug-likeness (QED) is 0.833. The van der Waals surface area contributed by atoms with Crippen LogP contribution in [-0.4, -0.2) is 24.6 Å². The fraction of sp³-hybridized carbons (Fsp3) is 0.600. The van der Waals surface area contributed by atoms with Gasteiger partial charge in [0.05, 0.1) is 7.11 Å². The van der Waals surface area contributed by atoms with Crippen molar-refractivity contribution in [2.24, 2.45) is 5.92 Å². The first-order valence-electron chi connectivity index (χ1n) is 6.77. The molecule has 18 heavy (non-hydrogen) atoms. The molecule has 2 rings (SSSR count). The average molecular weight is 248 g/mol. The number of methoxy groups -OCH3 is 1. The highest BCUT2D eigenvalue weighted by Crippen LogP contribution is 2.27. The largest absolute Gasteiger partial charge is 0.497 e. The van der Waals surface area contributed by atoms with Crippen molar-refractivity contribution >= 4 is 5.69 Å². The summed E-state index contributed by atoms with van der Waals surface area (Å²) >= 11 is 0. The van der Waals surface area contributed by atoms with Gasteiger partial charge in [0.1, 0.15) is 5.75 Å². The number of anilines is 1. The number of likely N-dealkylation sites (tertiary alicyclic amines) is 1. The summed E-state index contributed by atoms with van der Waals surface area (Å²) in [4.78, 5) is 2.57. The Morgan fingerprint density at radius 3 is 2.83 bits per heavy atom. The Balaban J connectivity index is 2.11. The van der Waals surface area contributed by atoms with Crippen molar-refractivity contribution in [3.8, 4) is 5.75 Å². The number of benzene rings is 1. The van der Waals surface area contributed by atoms with Gasteiger partial charge in [-0.1, -0.05) is 13.8 Å². The summed E-state index contributed by atoms with van der Waals surface area (Å²) in [6.07, 6.45) is 2.62. The highest BCUT2D eigenvalue weighted by Gasteiger charge is 2.26. The fourth-order valence-corrected chi connectivity index (χ4v) is 2.93. The molecular weight excluding hydrogens is 224 g/mol. The molecule has 3 heteroatoms. The second kappa shape index (κ2) is 5.61. The Hall–Kier alpha value is -1.22. The van der Waals surface area contributed by atoms with E-state index in [1.54, 1.807) is 7.11 Å². The number of nitrogens with two attached hydrogens (primary N) is 1. The zero-order valence-corrected chi connectivity index (χ0v) is 11.6. The van der Waals surface area contributed by atoms with Crippen LogP contribution in [0.3, 0.4) is 0 Å². The molecule has 0 saturated carbocycles. The lowest BCUT2D eigenvalue weighted by Gasteiger charge is -2.27. The molecule has 1 fully saturated rings. The van der Waals surface area contributed by atoms with E-state index >= 15 is 0 Å². The third-order valence-corrected chi connectivity index (χ3v) is 3.79. The monoisotopic (exact) mass is 248 g/mol. The molecule has 1 heterocycles. The van der Waals surface area contributed by atoms with Crippen LogP contribution >= 0.6 is 0 Å². The first-order chi connectivity index (χ1) is 8.60. The zero-order chi connectivity index (χ0) is 13.1. The number of nitrogens with zero attached hydrogens (tertiary/aromatic N) is 1. The summed E-state index contributed by atoms with van der Waals surface area (Å²) in [7, 11) is 1.69. The Morgan fingerprint density at radius 1 is 1.39 bits per heavy atom. The normalized spacial score (nSPS) is 20.6. The predicted molar refractivity (Wildman–Crippen MR) is 75.7 cm³/mol. The van der Waals surface area contributed by atoms with Gasteiger partial charge in [0.15, 0.2) is 0 Å². The Labute approximate surface area is 110 Å². The minimum absolute atomic E-state index is 0.706. The van der Waals surface area contributed by atoms with Crippen molar-refractivity contribution in [2.45, 2.75) is 39.3 Å². The molecule has 0 amide bonds. The molecule has 1 aliphatic rings. The van der Waals surface area contributed by atoms with Crippen LogP contribution in [0.1, 0.15) is 32.3 Å². The predicted octanol–water partition coefficient (Wildman–Crippen LogP) is 2.90. The van der Waals surface area contributed by atoms with E-state index in [2.05, 4.69) is 30.9 Å². The number of hydrogen-bond acceptors (Lipinski definition) is 3. The number of hydrogen-bond donors (Lipinski definition) is 1. The van der Waals surface area contributed by atoms with E-state index in [1.807, 2.05) is 6.07 Å². The lowest BCUT2D eigenvalue weighted by Crippen LogP contribution is -2.32. The van der Waals surface area contributed by atoms with Crippen LogP contribution < -0.4 is 10.5 Å². The molecule has 0 bridgehead atoms. The maximum atomic E-state index is 5.91. The van der Waals surface area contributed by atoms with E-state index in [9.17, 15) is 0 Å². The second-order valence-corrected chi connectivity index (χ2v) is 5.54. The van der Waals surface area contributed by atoms with Gasteiger partial charge in [0, 0.05) is 24.3 Å². The standard InChI is InChI=1S/C15H24N2O/c1-11(2)15-5-4-6-17(15)10-12-7-13(16)9-14(8-12)18-3/h7-9,11,15H,4-6,10,16H2,1-3H3. The Morgan fingerprint density at radius 2 is 2.17 bits per heavy atom. The number of rotatable bonds is 4. The molecule has 1 aromatic carbocycles. The number of nitrogen functional groups attached to an aromatic ring is 1. The van der Waals surface area contributed by atoms with Crippen molar-refractivity contribution in [1.82, 2.24) is 4.90 Å². The summed E-state index contributed by atoms with van der Waals surface area (Å²) in [5.74, 6) is 1.57. The van der Waals surface area contributed by atoms with E-state index < -0.39 is 0 Å². The van der Waals surface area contributed by atoms with E-state index in [1.165, 1.54) is 24.9 Å². The van der Waals surface area contributed by atoms with E-state index in [0.717, 1.165) is 23.9 Å². The van der Waals surface area contributed by atoms with Gasteiger partial charge < -0.3 is 10.5 Å². The van der Waals surface area contributed by atoms with Gasteiger partial charge in [0.2, 0.25) is 0 Å². The van der Waals surface area contributed by atoms with E-state index in [4.69, 9.17) is 10.5 Å². The third-order valence-electron chi connectivity index (χ3n) is 3.79. The lowest BCUT2D eigenvalue weighted by molar-refractivity contribution is 0.198. The van der Waals surface area contributed by atoms with Crippen molar-refractivity contribution in [3.63, 3.8) is 0 Å². The molecule has 1 aliphatic heterocycles. The summed E-state index contributed by atoms with van der Waals surface area (Å²) in [5.41, 5.74) is 7.94. The zero-order valence-electron chi connectivity index (χ0n) is 11.6. The van der Waals surface area contributed by atoms with E-state index in [0.29, 0.717) is 6.04 Å². The van der Waals surface area contributed by atoms with E-state index in [-0.39, 0.29) is 0 Å². The van der Waals surface area contributed by atoms with Crippen molar-refractivity contribution < 1.29 is 4.74 Å². The molecule has 100 valence electrons. The topological polar surface area (TPSA) is 38.5 Å². The Kier molecular flexibility index (Phi) is 4.12. The van der Waals surface area contributed by atoms with Crippen LogP contribution in [0.25, 0.3) is 0 Å². The molecule has 0 spiro atoms.